The molecule has 2 unspecified atom stereocenters. The summed E-state index contributed by atoms with van der Waals surface area (Å²) in [6.45, 7) is 0. The Labute approximate surface area is 270 Å². The molecule has 0 saturated carbocycles. The molecule has 0 aliphatic carbocycles. The standard InChI is InChI=1S/C28H32N2O10S4/c1-39-15-3-5-17(21(31)11-15)25-29(19(13-41-25)27(35)36)23(33)7-9-43-44-10-8-24(34)30-20(28(37)38)14-42-26(30)18-6-4-16(40-2)12-22(18)32/h3-6,11-12,19-20,25-26,31-32H,7-10,13-14H2,1-2H3,(H,35,36)(H,37,38)/t19-,20-,25?,26?/m0/s1. The Morgan fingerprint density at radius 3 is 1.45 bits per heavy atom. The monoisotopic (exact) mass is 684 g/mol. The van der Waals surface area contributed by atoms with Gasteiger partial charge in [0.2, 0.25) is 11.8 Å². The van der Waals surface area contributed by atoms with Crippen LogP contribution in [0.5, 0.6) is 23.0 Å². The van der Waals surface area contributed by atoms with Crippen molar-refractivity contribution in [1.29, 1.82) is 0 Å². The van der Waals surface area contributed by atoms with Gasteiger partial charge in [-0.15, -0.1) is 23.5 Å². The van der Waals surface area contributed by atoms with Crippen LogP contribution in [0.25, 0.3) is 0 Å². The average molecular weight is 685 g/mol. The van der Waals surface area contributed by atoms with Crippen LogP contribution in [0.1, 0.15) is 34.7 Å². The fourth-order valence-corrected chi connectivity index (χ4v) is 9.74. The molecule has 2 aliphatic heterocycles. The van der Waals surface area contributed by atoms with Gasteiger partial charge in [0.05, 0.1) is 14.2 Å². The summed E-state index contributed by atoms with van der Waals surface area (Å²) >= 11 is 2.53. The zero-order valence-corrected chi connectivity index (χ0v) is 27.0. The van der Waals surface area contributed by atoms with Crippen molar-refractivity contribution in [2.45, 2.75) is 35.7 Å². The second-order valence-corrected chi connectivity index (χ2v) is 14.6. The smallest absolute Gasteiger partial charge is 0.327 e. The summed E-state index contributed by atoms with van der Waals surface area (Å²) in [7, 11) is 5.63. The van der Waals surface area contributed by atoms with Gasteiger partial charge >= 0.3 is 11.9 Å². The Kier molecular flexibility index (Phi) is 11.7. The summed E-state index contributed by atoms with van der Waals surface area (Å²) in [5.41, 5.74) is 0.851. The normalized spacial score (nSPS) is 21.3. The third-order valence-corrected chi connectivity index (χ3v) is 12.1. The van der Waals surface area contributed by atoms with Crippen LogP contribution in [0.3, 0.4) is 0 Å². The number of aromatic hydroxyl groups is 2. The Bertz CT molecular complexity index is 1290. The largest absolute Gasteiger partial charge is 0.507 e. The summed E-state index contributed by atoms with van der Waals surface area (Å²) < 4.78 is 10.2. The second-order valence-electron chi connectivity index (χ2n) is 9.67. The van der Waals surface area contributed by atoms with Crippen LogP contribution in [0, 0.1) is 0 Å². The molecule has 2 aromatic carbocycles. The van der Waals surface area contributed by atoms with Crippen molar-refractivity contribution in [2.24, 2.45) is 0 Å². The Balaban J connectivity index is 1.31. The first kappa shape index (κ1) is 33.8. The van der Waals surface area contributed by atoms with Gasteiger partial charge in [0, 0.05) is 59.1 Å². The highest BCUT2D eigenvalue weighted by atomic mass is 33.1. The molecule has 2 aromatic rings. The number of carboxylic acids is 2. The van der Waals surface area contributed by atoms with Gasteiger partial charge < -0.3 is 39.7 Å². The molecular weight excluding hydrogens is 653 g/mol. The van der Waals surface area contributed by atoms with Gasteiger partial charge in [-0.3, -0.25) is 9.59 Å². The van der Waals surface area contributed by atoms with Crippen molar-refractivity contribution in [2.75, 3.05) is 37.2 Å². The summed E-state index contributed by atoms with van der Waals surface area (Å²) in [5.74, 6) is -1.22. The Hall–Kier alpha value is -3.08. The van der Waals surface area contributed by atoms with Gasteiger partial charge in [-0.25, -0.2) is 9.59 Å². The lowest BCUT2D eigenvalue weighted by atomic mass is 10.1. The van der Waals surface area contributed by atoms with Gasteiger partial charge in [-0.1, -0.05) is 21.6 Å². The molecular formula is C28H32N2O10S4. The topological polar surface area (TPSA) is 174 Å². The van der Waals surface area contributed by atoms with Gasteiger partial charge in [0.1, 0.15) is 45.8 Å². The number of hydrogen-bond acceptors (Lipinski definition) is 12. The van der Waals surface area contributed by atoms with Crippen LogP contribution in [-0.4, -0.2) is 103 Å². The first-order chi connectivity index (χ1) is 21.1. The van der Waals surface area contributed by atoms with Crippen LogP contribution >= 0.6 is 45.1 Å². The molecule has 2 amide bonds. The molecule has 4 atom stereocenters. The molecule has 44 heavy (non-hydrogen) atoms. The van der Waals surface area contributed by atoms with Crippen molar-refractivity contribution < 1.29 is 49.1 Å². The SMILES string of the molecule is COc1ccc(C2SC[C@@H](C(=O)O)N2C(=O)CCSSCCC(=O)N2C(c3ccc(OC)cc3O)SC[C@H]2C(=O)O)c(O)c1. The van der Waals surface area contributed by atoms with Crippen LogP contribution in [0.15, 0.2) is 36.4 Å². The maximum Gasteiger partial charge on any atom is 0.327 e. The third-order valence-electron chi connectivity index (χ3n) is 7.04. The van der Waals surface area contributed by atoms with Crippen molar-refractivity contribution in [3.8, 4) is 23.0 Å². The minimum atomic E-state index is -1.12. The van der Waals surface area contributed by atoms with Gasteiger partial charge in [-0.2, -0.15) is 0 Å². The summed E-state index contributed by atoms with van der Waals surface area (Å²) in [5, 5.41) is 39.1. The Morgan fingerprint density at radius 1 is 0.750 bits per heavy atom. The molecule has 4 N–H and O–H groups in total. The molecule has 2 aliphatic rings. The predicted octanol–water partition coefficient (Wildman–Crippen LogP) is 4.03. The number of carbonyl (C=O) groups excluding carboxylic acids is 2. The Morgan fingerprint density at radius 2 is 1.14 bits per heavy atom. The lowest BCUT2D eigenvalue weighted by Crippen LogP contribution is -2.43. The number of methoxy groups -OCH3 is 2. The number of phenols is 2. The highest BCUT2D eigenvalue weighted by molar-refractivity contribution is 8.76. The zero-order chi connectivity index (χ0) is 32.0. The number of carbonyl (C=O) groups is 4. The maximum absolute atomic E-state index is 13.2. The highest BCUT2D eigenvalue weighted by Crippen LogP contribution is 2.47. The van der Waals surface area contributed by atoms with E-state index in [1.165, 1.54) is 81.3 Å². The number of aliphatic carboxylic acids is 2. The molecule has 0 spiro atoms. The summed E-state index contributed by atoms with van der Waals surface area (Å²) in [6, 6.07) is 7.28. The summed E-state index contributed by atoms with van der Waals surface area (Å²) in [4.78, 5) is 52.8. The number of rotatable bonds is 13. The van der Waals surface area contributed by atoms with E-state index in [0.717, 1.165) is 0 Å². The fraction of sp³-hybridized carbons (Fsp3) is 0.429. The predicted molar refractivity (Wildman–Crippen MR) is 170 cm³/mol. The number of nitrogens with zero attached hydrogens (tertiary/aromatic N) is 2. The van der Waals surface area contributed by atoms with Gasteiger partial charge in [0.25, 0.3) is 0 Å². The lowest BCUT2D eigenvalue weighted by molar-refractivity contribution is -0.149. The molecule has 4 rings (SSSR count). The van der Waals surface area contributed by atoms with Crippen LogP contribution < -0.4 is 9.47 Å². The zero-order valence-electron chi connectivity index (χ0n) is 23.8. The fourth-order valence-electron chi connectivity index (χ4n) is 4.83. The van der Waals surface area contributed by atoms with E-state index >= 15 is 0 Å². The van der Waals surface area contributed by atoms with E-state index in [0.29, 0.717) is 34.1 Å². The number of benzene rings is 2. The molecule has 0 radical (unpaired) electrons. The van der Waals surface area contributed by atoms with E-state index in [1.807, 2.05) is 0 Å². The lowest BCUT2D eigenvalue weighted by Gasteiger charge is -2.28. The number of amides is 2. The van der Waals surface area contributed by atoms with Gasteiger partial charge in [0.15, 0.2) is 0 Å². The molecule has 12 nitrogen and oxygen atoms in total. The maximum atomic E-state index is 13.2. The van der Waals surface area contributed by atoms with E-state index in [1.54, 1.807) is 24.3 Å². The van der Waals surface area contributed by atoms with E-state index in [9.17, 15) is 39.6 Å². The number of thioether (sulfide) groups is 2. The molecule has 2 saturated heterocycles. The number of phenolic OH excluding ortho intramolecular Hbond substituents is 2. The molecule has 2 fully saturated rings. The van der Waals surface area contributed by atoms with Gasteiger partial charge in [-0.05, 0) is 24.3 Å². The number of hydrogen-bond donors (Lipinski definition) is 4. The van der Waals surface area contributed by atoms with E-state index in [2.05, 4.69) is 0 Å². The van der Waals surface area contributed by atoms with E-state index < -0.39 is 34.8 Å². The van der Waals surface area contributed by atoms with Crippen LogP contribution in [0.4, 0.5) is 0 Å². The van der Waals surface area contributed by atoms with Crippen molar-refractivity contribution in [1.82, 2.24) is 9.80 Å². The second kappa shape index (κ2) is 15.3. The van der Waals surface area contributed by atoms with Crippen molar-refractivity contribution in [3.05, 3.63) is 47.5 Å². The minimum Gasteiger partial charge on any atom is -0.507 e. The minimum absolute atomic E-state index is 0.0477. The number of ether oxygens (including phenoxy) is 2. The van der Waals surface area contributed by atoms with Crippen LogP contribution in [-0.2, 0) is 19.2 Å². The van der Waals surface area contributed by atoms with Crippen LogP contribution in [0.2, 0.25) is 0 Å². The highest BCUT2D eigenvalue weighted by Gasteiger charge is 2.44. The molecule has 238 valence electrons. The third kappa shape index (κ3) is 7.58. The van der Waals surface area contributed by atoms with Crippen molar-refractivity contribution >= 4 is 68.9 Å². The molecule has 2 heterocycles. The molecule has 16 heteroatoms. The molecule has 0 aromatic heterocycles. The summed E-state index contributed by atoms with van der Waals surface area (Å²) in [6.07, 6.45) is 0.0953. The average Bonchev–Trinajstić information content (AvgIpc) is 3.64. The van der Waals surface area contributed by atoms with Crippen molar-refractivity contribution in [3.63, 3.8) is 0 Å². The van der Waals surface area contributed by atoms with E-state index in [4.69, 9.17) is 9.47 Å². The quantitative estimate of drug-likeness (QED) is 0.176. The number of carboxylic acid groups (broad SMARTS) is 2. The van der Waals surface area contributed by atoms with E-state index in [-0.39, 0.29) is 47.7 Å². The first-order valence-corrected chi connectivity index (χ1v) is 17.9. The molecule has 0 bridgehead atoms. The first-order valence-electron chi connectivity index (χ1n) is 13.4.